The molecule has 4 aliphatic rings. The van der Waals surface area contributed by atoms with Crippen molar-refractivity contribution in [3.63, 3.8) is 0 Å². The minimum absolute atomic E-state index is 0.154. The number of carbonyl (C=O) groups excluding carboxylic acids is 3. The van der Waals surface area contributed by atoms with E-state index < -0.39 is 0 Å². The van der Waals surface area contributed by atoms with Crippen LogP contribution in [0.25, 0.3) is 0 Å². The van der Waals surface area contributed by atoms with Gasteiger partial charge in [-0.15, -0.1) is 0 Å². The van der Waals surface area contributed by atoms with Gasteiger partial charge in [0.05, 0.1) is 11.8 Å². The SMILES string of the molecule is Cc1ccc(NC(=O)CN2C(=O)[C@@H]3[C@H](C2=O)[C@H]2C=C[C@H]3CC2)cc1. The molecule has 1 aliphatic heterocycles. The highest BCUT2D eigenvalue weighted by molar-refractivity contribution is 6.09. The lowest BCUT2D eigenvalue weighted by atomic mass is 9.63. The number of hydrogen-bond acceptors (Lipinski definition) is 3. The van der Waals surface area contributed by atoms with Gasteiger partial charge in [0, 0.05) is 5.69 Å². The predicted molar refractivity (Wildman–Crippen MR) is 88.9 cm³/mol. The van der Waals surface area contributed by atoms with E-state index in [0.29, 0.717) is 5.69 Å². The number of allylic oxidation sites excluding steroid dienone is 2. The molecule has 2 bridgehead atoms. The number of rotatable bonds is 3. The Balaban J connectivity index is 1.47. The lowest BCUT2D eigenvalue weighted by Crippen LogP contribution is -2.38. The molecule has 1 saturated carbocycles. The topological polar surface area (TPSA) is 66.5 Å². The summed E-state index contributed by atoms with van der Waals surface area (Å²) in [6.45, 7) is 1.77. The van der Waals surface area contributed by atoms with E-state index in [1.54, 1.807) is 0 Å². The van der Waals surface area contributed by atoms with Crippen LogP contribution in [0.2, 0.25) is 0 Å². The summed E-state index contributed by atoms with van der Waals surface area (Å²) in [6.07, 6.45) is 6.09. The van der Waals surface area contributed by atoms with E-state index in [-0.39, 0.29) is 47.9 Å². The summed E-state index contributed by atoms with van der Waals surface area (Å²) < 4.78 is 0. The molecule has 0 aromatic heterocycles. The lowest BCUT2D eigenvalue weighted by molar-refractivity contribution is -0.142. The highest BCUT2D eigenvalue weighted by Crippen LogP contribution is 2.49. The number of benzene rings is 1. The molecule has 5 nitrogen and oxygen atoms in total. The first kappa shape index (κ1) is 15.1. The van der Waals surface area contributed by atoms with Crippen molar-refractivity contribution in [2.24, 2.45) is 23.7 Å². The summed E-state index contributed by atoms with van der Waals surface area (Å²) in [5.74, 6) is -0.893. The van der Waals surface area contributed by atoms with E-state index in [4.69, 9.17) is 0 Å². The van der Waals surface area contributed by atoms with Crippen LogP contribution in [-0.4, -0.2) is 29.2 Å². The normalized spacial score (nSPS) is 30.6. The Kier molecular flexibility index (Phi) is 3.52. The number of likely N-dealkylation sites (tertiary alicyclic amines) is 1. The molecule has 3 amide bonds. The molecule has 0 unspecified atom stereocenters. The van der Waals surface area contributed by atoms with Crippen molar-refractivity contribution in [1.29, 1.82) is 0 Å². The second-order valence-electron chi connectivity index (χ2n) is 7.02. The molecule has 1 aromatic rings. The standard InChI is InChI=1S/C19H20N2O3/c1-11-2-8-14(9-3-11)20-15(22)10-21-18(23)16-12-4-5-13(7-6-12)17(16)19(21)24/h2-5,8-9,12-13,16-17H,6-7,10H2,1H3,(H,20,22)/t12-,13-,16-,17+/m0/s1. The van der Waals surface area contributed by atoms with Crippen LogP contribution < -0.4 is 5.32 Å². The third-order valence-corrected chi connectivity index (χ3v) is 5.49. The van der Waals surface area contributed by atoms with Crippen LogP contribution in [-0.2, 0) is 14.4 Å². The summed E-state index contributed by atoms with van der Waals surface area (Å²) in [4.78, 5) is 38.7. The highest BCUT2D eigenvalue weighted by Gasteiger charge is 2.56. The summed E-state index contributed by atoms with van der Waals surface area (Å²) in [5.41, 5.74) is 1.77. The van der Waals surface area contributed by atoms with Crippen molar-refractivity contribution in [1.82, 2.24) is 4.90 Å². The number of nitrogens with one attached hydrogen (secondary N) is 1. The average Bonchev–Trinajstić information content (AvgIpc) is 2.85. The number of amides is 3. The minimum Gasteiger partial charge on any atom is -0.325 e. The molecule has 24 heavy (non-hydrogen) atoms. The van der Waals surface area contributed by atoms with Gasteiger partial charge >= 0.3 is 0 Å². The van der Waals surface area contributed by atoms with Crippen molar-refractivity contribution >= 4 is 23.4 Å². The summed E-state index contributed by atoms with van der Waals surface area (Å²) in [6, 6.07) is 7.43. The molecule has 3 aliphatic carbocycles. The van der Waals surface area contributed by atoms with E-state index in [0.717, 1.165) is 23.3 Å². The first-order valence-corrected chi connectivity index (χ1v) is 8.44. The largest absolute Gasteiger partial charge is 0.325 e. The number of carbonyl (C=O) groups is 3. The summed E-state index contributed by atoms with van der Waals surface area (Å²) in [7, 11) is 0. The first-order valence-electron chi connectivity index (χ1n) is 8.44. The molecule has 4 atom stereocenters. The molecule has 1 heterocycles. The third-order valence-electron chi connectivity index (χ3n) is 5.49. The van der Waals surface area contributed by atoms with E-state index in [1.807, 2.05) is 31.2 Å². The maximum atomic E-state index is 12.7. The monoisotopic (exact) mass is 324 g/mol. The van der Waals surface area contributed by atoms with E-state index in [9.17, 15) is 14.4 Å². The number of anilines is 1. The quantitative estimate of drug-likeness (QED) is 0.684. The Bertz CT molecular complexity index is 705. The van der Waals surface area contributed by atoms with Crippen LogP contribution in [0.1, 0.15) is 18.4 Å². The fourth-order valence-corrected chi connectivity index (χ4v) is 4.27. The number of imide groups is 1. The molecule has 1 N–H and O–H groups in total. The molecular formula is C19H20N2O3. The number of hydrogen-bond donors (Lipinski definition) is 1. The third kappa shape index (κ3) is 2.35. The Morgan fingerprint density at radius 3 is 2.08 bits per heavy atom. The maximum Gasteiger partial charge on any atom is 0.244 e. The average molecular weight is 324 g/mol. The van der Waals surface area contributed by atoms with E-state index in [2.05, 4.69) is 17.5 Å². The van der Waals surface area contributed by atoms with Crippen molar-refractivity contribution in [3.8, 4) is 0 Å². The van der Waals surface area contributed by atoms with E-state index >= 15 is 0 Å². The molecule has 124 valence electrons. The second kappa shape index (κ2) is 5.58. The van der Waals surface area contributed by atoms with Crippen molar-refractivity contribution in [3.05, 3.63) is 42.0 Å². The molecule has 0 spiro atoms. The Labute approximate surface area is 140 Å². The first-order chi connectivity index (χ1) is 11.5. The Hall–Kier alpha value is -2.43. The van der Waals surface area contributed by atoms with Crippen molar-refractivity contribution in [2.75, 3.05) is 11.9 Å². The van der Waals surface area contributed by atoms with Crippen LogP contribution in [0.3, 0.4) is 0 Å². The van der Waals surface area contributed by atoms with Gasteiger partial charge < -0.3 is 5.32 Å². The lowest BCUT2D eigenvalue weighted by Gasteiger charge is -2.38. The summed E-state index contributed by atoms with van der Waals surface area (Å²) in [5, 5.41) is 2.76. The zero-order chi connectivity index (χ0) is 16.8. The predicted octanol–water partition coefficient (Wildman–Crippen LogP) is 2.13. The van der Waals surface area contributed by atoms with Crippen LogP contribution in [0.5, 0.6) is 0 Å². The van der Waals surface area contributed by atoms with Gasteiger partial charge in [-0.25, -0.2) is 0 Å². The van der Waals surface area contributed by atoms with Gasteiger partial charge in [-0.2, -0.15) is 0 Å². The van der Waals surface area contributed by atoms with Gasteiger partial charge in [-0.3, -0.25) is 19.3 Å². The van der Waals surface area contributed by atoms with Gasteiger partial charge in [0.2, 0.25) is 17.7 Å². The maximum absolute atomic E-state index is 12.7. The zero-order valence-corrected chi connectivity index (χ0v) is 13.6. The van der Waals surface area contributed by atoms with E-state index in [1.165, 1.54) is 0 Å². The second-order valence-corrected chi connectivity index (χ2v) is 7.02. The molecule has 5 rings (SSSR count). The van der Waals surface area contributed by atoms with Gasteiger partial charge in [0.1, 0.15) is 6.54 Å². The number of nitrogens with zero attached hydrogens (tertiary/aromatic N) is 1. The smallest absolute Gasteiger partial charge is 0.244 e. The molecule has 5 heteroatoms. The van der Waals surface area contributed by atoms with Crippen molar-refractivity contribution < 1.29 is 14.4 Å². The number of fused-ring (bicyclic) bond motifs is 1. The van der Waals surface area contributed by atoms with Gasteiger partial charge in [0.15, 0.2) is 0 Å². The fourth-order valence-electron chi connectivity index (χ4n) is 4.27. The molecule has 1 saturated heterocycles. The Morgan fingerprint density at radius 2 is 1.58 bits per heavy atom. The van der Waals surface area contributed by atoms with Crippen LogP contribution in [0.15, 0.2) is 36.4 Å². The van der Waals surface area contributed by atoms with Gasteiger partial charge in [-0.05, 0) is 43.7 Å². The van der Waals surface area contributed by atoms with Gasteiger partial charge in [-0.1, -0.05) is 29.8 Å². The Morgan fingerprint density at radius 1 is 1.04 bits per heavy atom. The zero-order valence-electron chi connectivity index (χ0n) is 13.6. The number of aryl methyl sites for hydroxylation is 1. The summed E-state index contributed by atoms with van der Waals surface area (Å²) >= 11 is 0. The highest BCUT2D eigenvalue weighted by atomic mass is 16.2. The minimum atomic E-state index is -0.334. The fraction of sp³-hybridized carbons (Fsp3) is 0.421. The van der Waals surface area contributed by atoms with Gasteiger partial charge in [0.25, 0.3) is 0 Å². The molecule has 0 radical (unpaired) electrons. The molecular weight excluding hydrogens is 304 g/mol. The van der Waals surface area contributed by atoms with Crippen LogP contribution in [0, 0.1) is 30.6 Å². The van der Waals surface area contributed by atoms with Crippen LogP contribution >= 0.6 is 0 Å². The molecule has 2 fully saturated rings. The van der Waals surface area contributed by atoms with Crippen LogP contribution in [0.4, 0.5) is 5.69 Å². The molecule has 1 aromatic carbocycles. The van der Waals surface area contributed by atoms with Crippen molar-refractivity contribution in [2.45, 2.75) is 19.8 Å².